The van der Waals surface area contributed by atoms with Crippen molar-refractivity contribution in [1.82, 2.24) is 10.2 Å². The molecule has 0 fully saturated rings. The number of hydrogen-bond donors (Lipinski definition) is 2. The molecule has 2 aromatic carbocycles. The lowest BCUT2D eigenvalue weighted by molar-refractivity contribution is -0.113. The summed E-state index contributed by atoms with van der Waals surface area (Å²) in [6, 6.07) is 10.0. The second-order valence-electron chi connectivity index (χ2n) is 5.49. The van der Waals surface area contributed by atoms with E-state index >= 15 is 0 Å². The molecule has 3 rings (SSSR count). The van der Waals surface area contributed by atoms with Crippen LogP contribution < -0.4 is 15.4 Å². The fraction of sp³-hybridized carbons (Fsp3) is 0.111. The van der Waals surface area contributed by atoms with Gasteiger partial charge in [-0.3, -0.25) is 14.9 Å². The van der Waals surface area contributed by atoms with Gasteiger partial charge in [-0.05, 0) is 36.4 Å². The number of carbonyl (C=O) groups is 2. The van der Waals surface area contributed by atoms with Crippen LogP contribution in [0.4, 0.5) is 19.6 Å². The fourth-order valence-electron chi connectivity index (χ4n) is 2.19. The molecule has 0 aliphatic rings. The molecule has 150 valence electrons. The van der Waals surface area contributed by atoms with Gasteiger partial charge in [0.25, 0.3) is 5.91 Å². The number of methoxy groups -OCH3 is 1. The number of nitrogens with one attached hydrogen (secondary N) is 2. The number of benzene rings is 2. The maximum atomic E-state index is 13.7. The Morgan fingerprint density at radius 2 is 1.76 bits per heavy atom. The molecular formula is C18H14F2N4O3S2. The third-order valence-electron chi connectivity index (χ3n) is 3.52. The van der Waals surface area contributed by atoms with Gasteiger partial charge in [0.15, 0.2) is 4.34 Å². The third-order valence-corrected chi connectivity index (χ3v) is 5.49. The van der Waals surface area contributed by atoms with Crippen LogP contribution >= 0.6 is 23.1 Å². The fourth-order valence-corrected chi connectivity index (χ4v) is 3.74. The maximum absolute atomic E-state index is 13.7. The SMILES string of the molecule is COc1ccc(NC(=O)CSc2nnc(NC(=O)c3c(F)cccc3F)s2)cc1. The molecule has 2 N–H and O–H groups in total. The van der Waals surface area contributed by atoms with E-state index in [1.807, 2.05) is 0 Å². The van der Waals surface area contributed by atoms with Crippen LogP contribution in [-0.4, -0.2) is 34.9 Å². The molecule has 0 bridgehead atoms. The van der Waals surface area contributed by atoms with Gasteiger partial charge in [-0.2, -0.15) is 0 Å². The molecule has 7 nitrogen and oxygen atoms in total. The van der Waals surface area contributed by atoms with E-state index in [4.69, 9.17) is 4.74 Å². The van der Waals surface area contributed by atoms with Gasteiger partial charge < -0.3 is 10.1 Å². The highest BCUT2D eigenvalue weighted by atomic mass is 32.2. The number of halogens is 2. The van der Waals surface area contributed by atoms with Crippen molar-refractivity contribution in [2.45, 2.75) is 4.34 Å². The first-order chi connectivity index (χ1) is 14.0. The minimum absolute atomic E-state index is 0.0655. The molecule has 0 spiro atoms. The molecule has 0 unspecified atom stereocenters. The predicted molar refractivity (Wildman–Crippen MR) is 107 cm³/mol. The summed E-state index contributed by atoms with van der Waals surface area (Å²) in [6.45, 7) is 0. The number of anilines is 2. The lowest BCUT2D eigenvalue weighted by atomic mass is 10.2. The van der Waals surface area contributed by atoms with Crippen molar-refractivity contribution in [3.63, 3.8) is 0 Å². The van der Waals surface area contributed by atoms with E-state index in [1.54, 1.807) is 31.4 Å². The van der Waals surface area contributed by atoms with Crippen molar-refractivity contribution >= 4 is 45.7 Å². The molecule has 0 aliphatic carbocycles. The number of thioether (sulfide) groups is 1. The highest BCUT2D eigenvalue weighted by Gasteiger charge is 2.19. The lowest BCUT2D eigenvalue weighted by Gasteiger charge is -2.05. The standard InChI is InChI=1S/C18H14F2N4O3S2/c1-27-11-7-5-10(6-8-11)21-14(25)9-28-18-24-23-17(29-18)22-16(26)15-12(19)3-2-4-13(15)20/h2-8H,9H2,1H3,(H,21,25)(H,22,23,26). The predicted octanol–water partition coefficient (Wildman–Crippen LogP) is 3.81. The van der Waals surface area contributed by atoms with Gasteiger partial charge in [-0.1, -0.05) is 29.2 Å². The first kappa shape index (κ1) is 20.7. The first-order valence-corrected chi connectivity index (χ1v) is 9.92. The second kappa shape index (κ2) is 9.43. The molecule has 0 saturated heterocycles. The smallest absolute Gasteiger partial charge is 0.263 e. The summed E-state index contributed by atoms with van der Waals surface area (Å²) in [4.78, 5) is 24.1. The number of aromatic nitrogens is 2. The lowest BCUT2D eigenvalue weighted by Crippen LogP contribution is -2.15. The molecule has 11 heteroatoms. The van der Waals surface area contributed by atoms with E-state index in [0.29, 0.717) is 15.8 Å². The van der Waals surface area contributed by atoms with Gasteiger partial charge in [-0.15, -0.1) is 10.2 Å². The van der Waals surface area contributed by atoms with Crippen molar-refractivity contribution in [3.05, 3.63) is 59.7 Å². The number of amides is 2. The Hall–Kier alpha value is -3.05. The molecule has 3 aromatic rings. The topological polar surface area (TPSA) is 93.2 Å². The van der Waals surface area contributed by atoms with Gasteiger partial charge in [0.1, 0.15) is 22.9 Å². The number of carbonyl (C=O) groups excluding carboxylic acids is 2. The van der Waals surface area contributed by atoms with E-state index in [1.165, 1.54) is 0 Å². The Morgan fingerprint density at radius 3 is 2.41 bits per heavy atom. The maximum Gasteiger partial charge on any atom is 0.263 e. The monoisotopic (exact) mass is 436 g/mol. The van der Waals surface area contributed by atoms with Gasteiger partial charge in [-0.25, -0.2) is 8.78 Å². The first-order valence-electron chi connectivity index (χ1n) is 8.12. The molecule has 0 saturated carbocycles. The van der Waals surface area contributed by atoms with Crippen molar-refractivity contribution in [3.8, 4) is 5.75 Å². The van der Waals surface area contributed by atoms with E-state index < -0.39 is 23.1 Å². The number of hydrogen-bond acceptors (Lipinski definition) is 7. The van der Waals surface area contributed by atoms with Crippen LogP contribution in [0.15, 0.2) is 46.8 Å². The van der Waals surface area contributed by atoms with Crippen molar-refractivity contribution in [1.29, 1.82) is 0 Å². The highest BCUT2D eigenvalue weighted by Crippen LogP contribution is 2.26. The summed E-state index contributed by atoms with van der Waals surface area (Å²) in [5, 5.41) is 12.7. The zero-order valence-electron chi connectivity index (χ0n) is 14.9. The van der Waals surface area contributed by atoms with Crippen LogP contribution in [0.3, 0.4) is 0 Å². The van der Waals surface area contributed by atoms with Gasteiger partial charge >= 0.3 is 0 Å². The molecule has 2 amide bonds. The minimum atomic E-state index is -0.975. The molecule has 29 heavy (non-hydrogen) atoms. The number of nitrogens with zero attached hydrogens (tertiary/aromatic N) is 2. The van der Waals surface area contributed by atoms with E-state index in [2.05, 4.69) is 20.8 Å². The Morgan fingerprint density at radius 1 is 1.07 bits per heavy atom. The second-order valence-corrected chi connectivity index (χ2v) is 7.69. The summed E-state index contributed by atoms with van der Waals surface area (Å²) in [6.07, 6.45) is 0. The highest BCUT2D eigenvalue weighted by molar-refractivity contribution is 8.01. The summed E-state index contributed by atoms with van der Waals surface area (Å²) in [5.74, 6) is -2.43. The largest absolute Gasteiger partial charge is 0.497 e. The normalized spacial score (nSPS) is 10.4. The van der Waals surface area contributed by atoms with Crippen LogP contribution in [0.1, 0.15) is 10.4 Å². The molecule has 1 aromatic heterocycles. The summed E-state index contributed by atoms with van der Waals surface area (Å²) in [7, 11) is 1.55. The number of ether oxygens (including phenoxy) is 1. The summed E-state index contributed by atoms with van der Waals surface area (Å²) < 4.78 is 32.8. The third kappa shape index (κ3) is 5.48. The Kier molecular flexibility index (Phi) is 6.73. The average molecular weight is 436 g/mol. The van der Waals surface area contributed by atoms with Crippen molar-refractivity contribution < 1.29 is 23.1 Å². The zero-order valence-corrected chi connectivity index (χ0v) is 16.6. The zero-order chi connectivity index (χ0) is 20.8. The van der Waals surface area contributed by atoms with Crippen LogP contribution in [0.2, 0.25) is 0 Å². The van der Waals surface area contributed by atoms with Crippen LogP contribution in [0, 0.1) is 11.6 Å². The molecule has 0 atom stereocenters. The van der Waals surface area contributed by atoms with E-state index in [0.717, 1.165) is 41.3 Å². The van der Waals surface area contributed by atoms with Crippen LogP contribution in [0.5, 0.6) is 5.75 Å². The Bertz CT molecular complexity index is 1010. The summed E-state index contributed by atoms with van der Waals surface area (Å²) >= 11 is 2.10. The van der Waals surface area contributed by atoms with Crippen molar-refractivity contribution in [2.75, 3.05) is 23.5 Å². The van der Waals surface area contributed by atoms with Gasteiger partial charge in [0, 0.05) is 5.69 Å². The molecule has 0 radical (unpaired) electrons. The molecule has 0 aliphatic heterocycles. The van der Waals surface area contributed by atoms with Crippen LogP contribution in [-0.2, 0) is 4.79 Å². The molecular weight excluding hydrogens is 422 g/mol. The van der Waals surface area contributed by atoms with E-state index in [-0.39, 0.29) is 16.8 Å². The Balaban J connectivity index is 1.53. The van der Waals surface area contributed by atoms with Gasteiger partial charge in [0.05, 0.1) is 12.9 Å². The van der Waals surface area contributed by atoms with Crippen LogP contribution in [0.25, 0.3) is 0 Å². The quantitative estimate of drug-likeness (QED) is 0.432. The average Bonchev–Trinajstić information content (AvgIpc) is 3.14. The van der Waals surface area contributed by atoms with Crippen molar-refractivity contribution in [2.24, 2.45) is 0 Å². The van der Waals surface area contributed by atoms with E-state index in [9.17, 15) is 18.4 Å². The summed E-state index contributed by atoms with van der Waals surface area (Å²) in [5.41, 5.74) is -0.0793. The minimum Gasteiger partial charge on any atom is -0.497 e. The number of rotatable bonds is 7. The molecule has 1 heterocycles. The van der Waals surface area contributed by atoms with Gasteiger partial charge in [0.2, 0.25) is 11.0 Å². The Labute approximate surface area is 172 Å².